The summed E-state index contributed by atoms with van der Waals surface area (Å²) in [5.41, 5.74) is 3.70. The van der Waals surface area contributed by atoms with Crippen LogP contribution in [0.3, 0.4) is 0 Å². The van der Waals surface area contributed by atoms with Crippen LogP contribution in [0, 0.1) is 19.8 Å². The monoisotopic (exact) mass is 364 g/mol. The zero-order chi connectivity index (χ0) is 19.4. The number of hydrogen-bond acceptors (Lipinski definition) is 3. The van der Waals surface area contributed by atoms with Gasteiger partial charge < -0.3 is 15.0 Å². The summed E-state index contributed by atoms with van der Waals surface area (Å²) >= 11 is 0. The number of anilines is 2. The van der Waals surface area contributed by atoms with E-state index in [9.17, 15) is 9.59 Å². The SMILES string of the molecule is C=CCOc1ccc(NC(=O)[C@H]2CC(=O)N(c3cc(C)ccc3C)C2)cc1. The van der Waals surface area contributed by atoms with E-state index in [0.717, 1.165) is 16.8 Å². The molecular weight excluding hydrogens is 340 g/mol. The summed E-state index contributed by atoms with van der Waals surface area (Å²) in [4.78, 5) is 26.8. The van der Waals surface area contributed by atoms with Gasteiger partial charge in [-0.3, -0.25) is 9.59 Å². The zero-order valence-corrected chi connectivity index (χ0v) is 15.7. The van der Waals surface area contributed by atoms with Crippen LogP contribution in [-0.2, 0) is 9.59 Å². The number of hydrogen-bond donors (Lipinski definition) is 1. The highest BCUT2D eigenvalue weighted by atomic mass is 16.5. The van der Waals surface area contributed by atoms with Crippen LogP contribution in [0.15, 0.2) is 55.1 Å². The Balaban J connectivity index is 1.65. The Morgan fingerprint density at radius 2 is 2.00 bits per heavy atom. The third kappa shape index (κ3) is 4.37. The molecule has 0 radical (unpaired) electrons. The lowest BCUT2D eigenvalue weighted by Crippen LogP contribution is -2.28. The second kappa shape index (κ2) is 8.08. The maximum absolute atomic E-state index is 12.6. The highest BCUT2D eigenvalue weighted by molar-refractivity contribution is 6.03. The highest BCUT2D eigenvalue weighted by Gasteiger charge is 2.35. The van der Waals surface area contributed by atoms with Crippen molar-refractivity contribution in [2.24, 2.45) is 5.92 Å². The van der Waals surface area contributed by atoms with Crippen molar-refractivity contribution < 1.29 is 14.3 Å². The van der Waals surface area contributed by atoms with Gasteiger partial charge in [0.05, 0.1) is 5.92 Å². The molecule has 3 rings (SSSR count). The second-order valence-electron chi connectivity index (χ2n) is 6.81. The Kier molecular flexibility index (Phi) is 5.60. The molecule has 2 amide bonds. The first kappa shape index (κ1) is 18.7. The molecule has 5 nitrogen and oxygen atoms in total. The van der Waals surface area contributed by atoms with E-state index in [0.29, 0.717) is 24.6 Å². The average molecular weight is 364 g/mol. The minimum absolute atomic E-state index is 0.0166. The summed E-state index contributed by atoms with van der Waals surface area (Å²) in [6.45, 7) is 8.41. The fourth-order valence-corrected chi connectivity index (χ4v) is 3.16. The number of benzene rings is 2. The minimum Gasteiger partial charge on any atom is -0.490 e. The fraction of sp³-hybridized carbons (Fsp3) is 0.273. The molecule has 0 unspecified atom stereocenters. The number of rotatable bonds is 6. The van der Waals surface area contributed by atoms with Crippen molar-refractivity contribution in [3.63, 3.8) is 0 Å². The first-order valence-electron chi connectivity index (χ1n) is 9.00. The van der Waals surface area contributed by atoms with Gasteiger partial charge in [0, 0.05) is 24.3 Å². The maximum Gasteiger partial charge on any atom is 0.229 e. The molecule has 1 aliphatic rings. The van der Waals surface area contributed by atoms with Crippen molar-refractivity contribution in [1.82, 2.24) is 0 Å². The van der Waals surface area contributed by atoms with Gasteiger partial charge >= 0.3 is 0 Å². The molecule has 1 aliphatic heterocycles. The summed E-state index contributed by atoms with van der Waals surface area (Å²) in [7, 11) is 0. The largest absolute Gasteiger partial charge is 0.490 e. The summed E-state index contributed by atoms with van der Waals surface area (Å²) in [5.74, 6) is 0.187. The maximum atomic E-state index is 12.6. The predicted octanol–water partition coefficient (Wildman–Crippen LogP) is 3.86. The summed E-state index contributed by atoms with van der Waals surface area (Å²) in [6, 6.07) is 13.2. The summed E-state index contributed by atoms with van der Waals surface area (Å²) in [6.07, 6.45) is 1.90. The molecule has 2 aromatic carbocycles. The Hall–Kier alpha value is -3.08. The van der Waals surface area contributed by atoms with Gasteiger partial charge in [-0.25, -0.2) is 0 Å². The van der Waals surface area contributed by atoms with Crippen molar-refractivity contribution in [2.45, 2.75) is 20.3 Å². The molecule has 1 heterocycles. The van der Waals surface area contributed by atoms with E-state index >= 15 is 0 Å². The third-order valence-corrected chi connectivity index (χ3v) is 4.64. The predicted molar refractivity (Wildman–Crippen MR) is 107 cm³/mol. The standard InChI is InChI=1S/C22H24N2O3/c1-4-11-27-19-9-7-18(8-10-19)23-22(26)17-13-21(25)24(14-17)20-12-15(2)5-6-16(20)3/h4-10,12,17H,1,11,13-14H2,2-3H3,(H,23,26)/t17-/m0/s1. The molecule has 0 saturated carbocycles. The van der Waals surface area contributed by atoms with Crippen molar-refractivity contribution in [3.8, 4) is 5.75 Å². The number of carbonyl (C=O) groups is 2. The number of nitrogens with zero attached hydrogens (tertiary/aromatic N) is 1. The molecule has 27 heavy (non-hydrogen) atoms. The van der Waals surface area contributed by atoms with E-state index in [-0.39, 0.29) is 24.2 Å². The second-order valence-corrected chi connectivity index (χ2v) is 6.81. The van der Waals surface area contributed by atoms with Gasteiger partial charge in [-0.2, -0.15) is 0 Å². The van der Waals surface area contributed by atoms with Gasteiger partial charge in [0.25, 0.3) is 0 Å². The molecule has 0 aliphatic carbocycles. The molecule has 140 valence electrons. The molecular formula is C22H24N2O3. The van der Waals surface area contributed by atoms with Crippen LogP contribution in [0.25, 0.3) is 0 Å². The van der Waals surface area contributed by atoms with E-state index < -0.39 is 0 Å². The summed E-state index contributed by atoms with van der Waals surface area (Å²) in [5, 5.41) is 2.89. The lowest BCUT2D eigenvalue weighted by molar-refractivity contribution is -0.122. The molecule has 1 saturated heterocycles. The lowest BCUT2D eigenvalue weighted by atomic mass is 10.1. The molecule has 0 aromatic heterocycles. The number of ether oxygens (including phenoxy) is 1. The van der Waals surface area contributed by atoms with Crippen molar-refractivity contribution in [2.75, 3.05) is 23.4 Å². The van der Waals surface area contributed by atoms with Crippen LogP contribution in [-0.4, -0.2) is 25.0 Å². The van der Waals surface area contributed by atoms with Gasteiger partial charge in [-0.1, -0.05) is 24.8 Å². The molecule has 5 heteroatoms. The van der Waals surface area contributed by atoms with Crippen molar-refractivity contribution >= 4 is 23.2 Å². The smallest absolute Gasteiger partial charge is 0.229 e. The first-order valence-corrected chi connectivity index (χ1v) is 9.00. The topological polar surface area (TPSA) is 58.6 Å². The minimum atomic E-state index is -0.367. The normalized spacial score (nSPS) is 16.3. The molecule has 1 fully saturated rings. The quantitative estimate of drug-likeness (QED) is 0.792. The lowest BCUT2D eigenvalue weighted by Gasteiger charge is -2.19. The molecule has 0 bridgehead atoms. The van der Waals surface area contributed by atoms with Crippen LogP contribution >= 0.6 is 0 Å². The van der Waals surface area contributed by atoms with Crippen LogP contribution in [0.5, 0.6) is 5.75 Å². The molecule has 1 N–H and O–H groups in total. The number of nitrogens with one attached hydrogen (secondary N) is 1. The first-order chi connectivity index (χ1) is 13.0. The fourth-order valence-electron chi connectivity index (χ4n) is 3.16. The third-order valence-electron chi connectivity index (χ3n) is 4.64. The zero-order valence-electron chi connectivity index (χ0n) is 15.7. The van der Waals surface area contributed by atoms with Crippen LogP contribution in [0.1, 0.15) is 17.5 Å². The number of carbonyl (C=O) groups excluding carboxylic acids is 2. The Morgan fingerprint density at radius 3 is 2.70 bits per heavy atom. The van der Waals surface area contributed by atoms with E-state index in [4.69, 9.17) is 4.74 Å². The Labute approximate surface area is 159 Å². The van der Waals surface area contributed by atoms with Crippen molar-refractivity contribution in [1.29, 1.82) is 0 Å². The Morgan fingerprint density at radius 1 is 1.26 bits per heavy atom. The van der Waals surface area contributed by atoms with Gasteiger partial charge in [0.2, 0.25) is 11.8 Å². The van der Waals surface area contributed by atoms with E-state index in [1.807, 2.05) is 32.0 Å². The Bertz CT molecular complexity index is 858. The molecule has 0 spiro atoms. The van der Waals surface area contributed by atoms with Crippen LogP contribution in [0.2, 0.25) is 0 Å². The average Bonchev–Trinajstić information content (AvgIpc) is 3.05. The van der Waals surface area contributed by atoms with E-state index in [2.05, 4.69) is 11.9 Å². The van der Waals surface area contributed by atoms with E-state index in [1.165, 1.54) is 0 Å². The summed E-state index contributed by atoms with van der Waals surface area (Å²) < 4.78 is 5.43. The van der Waals surface area contributed by atoms with Crippen LogP contribution < -0.4 is 15.0 Å². The molecule has 2 aromatic rings. The van der Waals surface area contributed by atoms with Crippen molar-refractivity contribution in [3.05, 3.63) is 66.2 Å². The van der Waals surface area contributed by atoms with Gasteiger partial charge in [-0.05, 0) is 55.3 Å². The number of aryl methyl sites for hydroxylation is 2. The molecule has 1 atom stereocenters. The number of amides is 2. The van der Waals surface area contributed by atoms with Gasteiger partial charge in [0.1, 0.15) is 12.4 Å². The van der Waals surface area contributed by atoms with Crippen LogP contribution in [0.4, 0.5) is 11.4 Å². The van der Waals surface area contributed by atoms with Gasteiger partial charge in [-0.15, -0.1) is 0 Å². The highest BCUT2D eigenvalue weighted by Crippen LogP contribution is 2.29. The van der Waals surface area contributed by atoms with Gasteiger partial charge in [0.15, 0.2) is 0 Å². The van der Waals surface area contributed by atoms with E-state index in [1.54, 1.807) is 35.2 Å².